The molecule has 0 saturated heterocycles. The zero-order chi connectivity index (χ0) is 14.5. The molecule has 2 rings (SSSR count). The molecule has 20 heavy (non-hydrogen) atoms. The van der Waals surface area contributed by atoms with E-state index in [-0.39, 0.29) is 0 Å². The van der Waals surface area contributed by atoms with Gasteiger partial charge in [0.05, 0.1) is 11.6 Å². The van der Waals surface area contributed by atoms with E-state index in [0.29, 0.717) is 12.2 Å². The number of hydrogen-bond acceptors (Lipinski definition) is 2. The Morgan fingerprint density at radius 3 is 2.55 bits per heavy atom. The summed E-state index contributed by atoms with van der Waals surface area (Å²) in [7, 11) is 0. The lowest BCUT2D eigenvalue weighted by atomic mass is 10.1. The first kappa shape index (κ1) is 14.6. The minimum Gasteiger partial charge on any atom is -0.488 e. The molecule has 0 amide bonds. The Labute approximate surface area is 128 Å². The van der Waals surface area contributed by atoms with E-state index in [1.807, 2.05) is 44.2 Å². The number of benzene rings is 2. The van der Waals surface area contributed by atoms with Crippen LogP contribution in [0.25, 0.3) is 0 Å². The zero-order valence-corrected chi connectivity index (χ0v) is 13.2. The molecule has 0 fully saturated rings. The van der Waals surface area contributed by atoms with Crippen LogP contribution in [0, 0.1) is 25.2 Å². The fourth-order valence-corrected chi connectivity index (χ4v) is 2.54. The summed E-state index contributed by atoms with van der Waals surface area (Å²) in [5, 5.41) is 9.65. The predicted octanol–water partition coefficient (Wildman–Crippen LogP) is 4.65. The Morgan fingerprint density at radius 1 is 1.10 bits per heavy atom. The second-order valence-electron chi connectivity index (χ2n) is 4.74. The Balaban J connectivity index is 2.19. The summed E-state index contributed by atoms with van der Waals surface area (Å²) in [5.41, 5.74) is 5.15. The van der Waals surface area contributed by atoms with E-state index in [1.54, 1.807) is 0 Å². The van der Waals surface area contributed by atoms with Crippen LogP contribution in [0.4, 0.5) is 0 Å². The molecule has 0 heterocycles. The molecule has 0 aliphatic heterocycles. The molecular formula is C17H16BrNO. The minimum atomic E-state index is 0.516. The third kappa shape index (κ3) is 3.20. The molecule has 0 N–H and O–H groups in total. The van der Waals surface area contributed by atoms with E-state index >= 15 is 0 Å². The van der Waals surface area contributed by atoms with Gasteiger partial charge in [0.25, 0.3) is 0 Å². The van der Waals surface area contributed by atoms with Crippen molar-refractivity contribution < 1.29 is 4.74 Å². The standard InChI is InChI=1S/C17H16BrNO/c1-12-4-3-5-15(9-18)17(12)20-11-16-7-6-14(10-19)8-13(16)2/h3-8H,9,11H2,1-2H3. The van der Waals surface area contributed by atoms with Crippen molar-refractivity contribution >= 4 is 15.9 Å². The molecular weight excluding hydrogens is 314 g/mol. The lowest BCUT2D eigenvalue weighted by Gasteiger charge is -2.14. The first-order valence-electron chi connectivity index (χ1n) is 6.42. The fraction of sp³-hybridized carbons (Fsp3) is 0.235. The Hall–Kier alpha value is -1.79. The Morgan fingerprint density at radius 2 is 1.90 bits per heavy atom. The number of rotatable bonds is 4. The van der Waals surface area contributed by atoms with Gasteiger partial charge in [0, 0.05) is 10.9 Å². The zero-order valence-electron chi connectivity index (χ0n) is 11.6. The summed E-state index contributed by atoms with van der Waals surface area (Å²) >= 11 is 3.49. The third-order valence-electron chi connectivity index (χ3n) is 3.28. The summed E-state index contributed by atoms with van der Waals surface area (Å²) < 4.78 is 5.99. The summed E-state index contributed by atoms with van der Waals surface area (Å²) in [6.07, 6.45) is 0. The number of aryl methyl sites for hydroxylation is 2. The number of ether oxygens (including phenoxy) is 1. The summed E-state index contributed by atoms with van der Waals surface area (Å²) in [6.45, 7) is 4.57. The minimum absolute atomic E-state index is 0.516. The van der Waals surface area contributed by atoms with Gasteiger partial charge in [-0.15, -0.1) is 0 Å². The molecule has 2 aromatic rings. The summed E-state index contributed by atoms with van der Waals surface area (Å²) in [5.74, 6) is 0.938. The smallest absolute Gasteiger partial charge is 0.126 e. The fourth-order valence-electron chi connectivity index (χ4n) is 2.10. The van der Waals surface area contributed by atoms with Crippen molar-refractivity contribution in [3.8, 4) is 11.8 Å². The van der Waals surface area contributed by atoms with Gasteiger partial charge in [-0.05, 0) is 42.7 Å². The molecule has 0 unspecified atom stereocenters. The quantitative estimate of drug-likeness (QED) is 0.765. The van der Waals surface area contributed by atoms with Crippen LogP contribution in [-0.2, 0) is 11.9 Å². The van der Waals surface area contributed by atoms with Gasteiger partial charge in [0.1, 0.15) is 12.4 Å². The second-order valence-corrected chi connectivity index (χ2v) is 5.30. The van der Waals surface area contributed by atoms with E-state index in [1.165, 1.54) is 0 Å². The van der Waals surface area contributed by atoms with E-state index in [4.69, 9.17) is 10.00 Å². The number of halogens is 1. The van der Waals surface area contributed by atoms with Crippen LogP contribution in [0.5, 0.6) is 5.75 Å². The number of alkyl halides is 1. The molecule has 0 bridgehead atoms. The second kappa shape index (κ2) is 6.58. The third-order valence-corrected chi connectivity index (χ3v) is 3.89. The first-order chi connectivity index (χ1) is 9.65. The number of hydrogen-bond donors (Lipinski definition) is 0. The molecule has 2 nitrogen and oxygen atoms in total. The molecule has 0 atom stereocenters. The number of para-hydroxylation sites is 1. The van der Waals surface area contributed by atoms with E-state index in [2.05, 4.69) is 28.1 Å². The molecule has 0 aliphatic rings. The van der Waals surface area contributed by atoms with Crippen LogP contribution in [-0.4, -0.2) is 0 Å². The van der Waals surface area contributed by atoms with Crippen LogP contribution in [0.2, 0.25) is 0 Å². The highest BCUT2D eigenvalue weighted by molar-refractivity contribution is 9.08. The van der Waals surface area contributed by atoms with Gasteiger partial charge in [-0.3, -0.25) is 0 Å². The molecule has 2 aromatic carbocycles. The Kier molecular flexibility index (Phi) is 4.81. The molecule has 102 valence electrons. The molecule has 0 aromatic heterocycles. The molecule has 3 heteroatoms. The lowest BCUT2D eigenvalue weighted by molar-refractivity contribution is 0.301. The highest BCUT2D eigenvalue weighted by Crippen LogP contribution is 2.26. The highest BCUT2D eigenvalue weighted by atomic mass is 79.9. The summed E-state index contributed by atoms with van der Waals surface area (Å²) in [4.78, 5) is 0. The molecule has 0 aliphatic carbocycles. The normalized spacial score (nSPS) is 10.1. The van der Waals surface area contributed by atoms with Crippen LogP contribution in [0.15, 0.2) is 36.4 Å². The van der Waals surface area contributed by atoms with Gasteiger partial charge >= 0.3 is 0 Å². The van der Waals surface area contributed by atoms with Crippen molar-refractivity contribution in [1.82, 2.24) is 0 Å². The van der Waals surface area contributed by atoms with Crippen LogP contribution in [0.3, 0.4) is 0 Å². The maximum absolute atomic E-state index is 8.88. The van der Waals surface area contributed by atoms with Crippen LogP contribution in [0.1, 0.15) is 27.8 Å². The maximum Gasteiger partial charge on any atom is 0.126 e. The highest BCUT2D eigenvalue weighted by Gasteiger charge is 2.07. The molecule has 0 saturated carbocycles. The van der Waals surface area contributed by atoms with Gasteiger partial charge in [-0.25, -0.2) is 0 Å². The van der Waals surface area contributed by atoms with Gasteiger partial charge in [0.2, 0.25) is 0 Å². The van der Waals surface area contributed by atoms with Crippen molar-refractivity contribution in [2.45, 2.75) is 25.8 Å². The average Bonchev–Trinajstić information content (AvgIpc) is 2.46. The van der Waals surface area contributed by atoms with E-state index in [9.17, 15) is 0 Å². The van der Waals surface area contributed by atoms with E-state index in [0.717, 1.165) is 33.3 Å². The number of nitriles is 1. The predicted molar refractivity (Wildman–Crippen MR) is 84.0 cm³/mol. The first-order valence-corrected chi connectivity index (χ1v) is 7.54. The van der Waals surface area contributed by atoms with Crippen LogP contribution >= 0.6 is 15.9 Å². The Bertz CT molecular complexity index is 659. The van der Waals surface area contributed by atoms with Gasteiger partial charge in [-0.1, -0.05) is 40.2 Å². The SMILES string of the molecule is Cc1cc(C#N)ccc1COc1c(C)cccc1CBr. The summed E-state index contributed by atoms with van der Waals surface area (Å²) in [6, 6.07) is 14.0. The largest absolute Gasteiger partial charge is 0.488 e. The molecule has 0 radical (unpaired) electrons. The van der Waals surface area contributed by atoms with Crippen molar-refractivity contribution in [2.24, 2.45) is 0 Å². The van der Waals surface area contributed by atoms with Gasteiger partial charge in [-0.2, -0.15) is 5.26 Å². The van der Waals surface area contributed by atoms with E-state index < -0.39 is 0 Å². The topological polar surface area (TPSA) is 33.0 Å². The van der Waals surface area contributed by atoms with Crippen molar-refractivity contribution in [1.29, 1.82) is 5.26 Å². The molecule has 0 spiro atoms. The van der Waals surface area contributed by atoms with Crippen LogP contribution < -0.4 is 4.74 Å². The number of nitrogens with zero attached hydrogens (tertiary/aromatic N) is 1. The van der Waals surface area contributed by atoms with Crippen molar-refractivity contribution in [3.63, 3.8) is 0 Å². The lowest BCUT2D eigenvalue weighted by Crippen LogP contribution is -2.01. The monoisotopic (exact) mass is 329 g/mol. The average molecular weight is 330 g/mol. The van der Waals surface area contributed by atoms with Gasteiger partial charge < -0.3 is 4.74 Å². The maximum atomic E-state index is 8.88. The van der Waals surface area contributed by atoms with Gasteiger partial charge in [0.15, 0.2) is 0 Å². The van der Waals surface area contributed by atoms with Crippen molar-refractivity contribution in [3.05, 3.63) is 64.2 Å². The van der Waals surface area contributed by atoms with Crippen molar-refractivity contribution in [2.75, 3.05) is 0 Å².